The summed E-state index contributed by atoms with van der Waals surface area (Å²) < 4.78 is 0. The molecule has 2 heterocycles. The number of amides is 2. The third-order valence-electron chi connectivity index (χ3n) is 4.15. The van der Waals surface area contributed by atoms with E-state index in [-0.39, 0.29) is 30.1 Å². The first kappa shape index (κ1) is 16.2. The second kappa shape index (κ2) is 7.10. The van der Waals surface area contributed by atoms with Crippen LogP contribution in [-0.4, -0.2) is 60.9 Å². The predicted octanol–water partition coefficient (Wildman–Crippen LogP) is 0.487. The van der Waals surface area contributed by atoms with Gasteiger partial charge in [-0.15, -0.1) is 12.4 Å². The van der Waals surface area contributed by atoms with Crippen molar-refractivity contribution in [3.63, 3.8) is 0 Å². The Bertz CT molecular complexity index is 332. The third kappa shape index (κ3) is 3.60. The van der Waals surface area contributed by atoms with E-state index in [0.717, 1.165) is 25.9 Å². The molecule has 2 amide bonds. The van der Waals surface area contributed by atoms with E-state index in [1.54, 1.807) is 4.90 Å². The maximum atomic E-state index is 12.4. The lowest BCUT2D eigenvalue weighted by atomic mass is 10.0. The first-order valence-electron chi connectivity index (χ1n) is 6.88. The summed E-state index contributed by atoms with van der Waals surface area (Å²) in [4.78, 5) is 27.7. The van der Waals surface area contributed by atoms with E-state index in [9.17, 15) is 9.59 Å². The Morgan fingerprint density at radius 2 is 2.05 bits per heavy atom. The van der Waals surface area contributed by atoms with E-state index in [2.05, 4.69) is 5.32 Å². The van der Waals surface area contributed by atoms with Gasteiger partial charge >= 0.3 is 0 Å². The summed E-state index contributed by atoms with van der Waals surface area (Å²) >= 11 is 0. The van der Waals surface area contributed by atoms with Gasteiger partial charge < -0.3 is 15.1 Å². The highest BCUT2D eigenvalue weighted by atomic mass is 35.5. The third-order valence-corrected chi connectivity index (χ3v) is 4.15. The minimum absolute atomic E-state index is 0. The molecule has 2 rings (SSSR count). The van der Waals surface area contributed by atoms with Crippen molar-refractivity contribution < 1.29 is 9.59 Å². The summed E-state index contributed by atoms with van der Waals surface area (Å²) in [5, 5.41) is 3.30. The van der Waals surface area contributed by atoms with Crippen LogP contribution in [0, 0.1) is 5.92 Å². The second-order valence-corrected chi connectivity index (χ2v) is 5.26. The number of likely N-dealkylation sites (tertiary alicyclic amines) is 1. The lowest BCUT2D eigenvalue weighted by Crippen LogP contribution is -2.46. The zero-order chi connectivity index (χ0) is 13.1. The number of rotatable bonds is 3. The molecule has 0 saturated carbocycles. The molecule has 0 aliphatic carbocycles. The largest absolute Gasteiger partial charge is 0.342 e. The van der Waals surface area contributed by atoms with Crippen molar-refractivity contribution in [2.24, 2.45) is 5.92 Å². The number of carbonyl (C=O) groups is 2. The maximum absolute atomic E-state index is 12.4. The van der Waals surface area contributed by atoms with E-state index >= 15 is 0 Å². The Hall–Kier alpha value is -0.810. The molecule has 1 unspecified atom stereocenters. The van der Waals surface area contributed by atoms with Crippen molar-refractivity contribution in [3.05, 3.63) is 0 Å². The highest BCUT2D eigenvalue weighted by Crippen LogP contribution is 2.21. The van der Waals surface area contributed by atoms with E-state index in [1.165, 1.54) is 0 Å². The maximum Gasteiger partial charge on any atom is 0.227 e. The van der Waals surface area contributed by atoms with E-state index in [0.29, 0.717) is 25.6 Å². The van der Waals surface area contributed by atoms with Crippen LogP contribution >= 0.6 is 12.4 Å². The van der Waals surface area contributed by atoms with Crippen LogP contribution < -0.4 is 5.32 Å². The highest BCUT2D eigenvalue weighted by Gasteiger charge is 2.36. The van der Waals surface area contributed by atoms with Crippen LogP contribution in [0.1, 0.15) is 26.2 Å². The molecule has 0 spiro atoms. The Morgan fingerprint density at radius 1 is 1.42 bits per heavy atom. The van der Waals surface area contributed by atoms with Crippen molar-refractivity contribution in [1.82, 2.24) is 15.1 Å². The first-order valence-corrected chi connectivity index (χ1v) is 6.88. The van der Waals surface area contributed by atoms with Crippen LogP contribution in [0.15, 0.2) is 0 Å². The van der Waals surface area contributed by atoms with E-state index in [1.807, 2.05) is 18.9 Å². The fourth-order valence-electron chi connectivity index (χ4n) is 2.91. The molecule has 2 saturated heterocycles. The SMILES string of the molecule is CCN1CC(C(=O)N(C)C2CCNCC2)CC1=O.Cl. The number of hydrogen-bond acceptors (Lipinski definition) is 3. The fourth-order valence-corrected chi connectivity index (χ4v) is 2.91. The highest BCUT2D eigenvalue weighted by molar-refractivity contribution is 5.89. The van der Waals surface area contributed by atoms with Crippen molar-refractivity contribution in [3.8, 4) is 0 Å². The van der Waals surface area contributed by atoms with Crippen molar-refractivity contribution >= 4 is 24.2 Å². The van der Waals surface area contributed by atoms with Crippen LogP contribution in [0.25, 0.3) is 0 Å². The monoisotopic (exact) mass is 289 g/mol. The number of nitrogens with one attached hydrogen (secondary N) is 1. The van der Waals surface area contributed by atoms with E-state index < -0.39 is 0 Å². The average molecular weight is 290 g/mol. The molecule has 0 aromatic heterocycles. The molecule has 2 aliphatic heterocycles. The molecule has 0 aromatic carbocycles. The molecule has 5 nitrogen and oxygen atoms in total. The van der Waals surface area contributed by atoms with Crippen LogP contribution in [-0.2, 0) is 9.59 Å². The van der Waals surface area contributed by atoms with Gasteiger partial charge in [-0.1, -0.05) is 0 Å². The second-order valence-electron chi connectivity index (χ2n) is 5.26. The first-order chi connectivity index (χ1) is 8.63. The van der Waals surface area contributed by atoms with Crippen LogP contribution in [0.5, 0.6) is 0 Å². The standard InChI is InChI=1S/C13H23N3O2.ClH/c1-3-16-9-10(8-12(16)17)13(18)15(2)11-4-6-14-7-5-11;/h10-11,14H,3-9H2,1-2H3;1H. The molecule has 1 N–H and O–H groups in total. The average Bonchev–Trinajstić information content (AvgIpc) is 2.79. The summed E-state index contributed by atoms with van der Waals surface area (Å²) in [5.74, 6) is 0.137. The normalized spacial score (nSPS) is 24.2. The Kier molecular flexibility index (Phi) is 6.07. The van der Waals surface area contributed by atoms with Gasteiger partial charge in [-0.25, -0.2) is 0 Å². The van der Waals surface area contributed by atoms with Crippen molar-refractivity contribution in [2.45, 2.75) is 32.2 Å². The number of piperidine rings is 1. The summed E-state index contributed by atoms with van der Waals surface area (Å²) in [6.45, 7) is 5.23. The number of hydrogen-bond donors (Lipinski definition) is 1. The summed E-state index contributed by atoms with van der Waals surface area (Å²) in [7, 11) is 1.89. The molecule has 1 atom stereocenters. The fraction of sp³-hybridized carbons (Fsp3) is 0.846. The Labute approximate surface area is 121 Å². The van der Waals surface area contributed by atoms with Crippen LogP contribution in [0.3, 0.4) is 0 Å². The van der Waals surface area contributed by atoms with Gasteiger partial charge in [0.25, 0.3) is 0 Å². The van der Waals surface area contributed by atoms with Crippen LogP contribution in [0.4, 0.5) is 0 Å². The van der Waals surface area contributed by atoms with Gasteiger partial charge in [0.05, 0.1) is 5.92 Å². The number of halogens is 1. The predicted molar refractivity (Wildman–Crippen MR) is 76.3 cm³/mol. The molecule has 0 aromatic rings. The minimum atomic E-state index is -0.127. The number of nitrogens with zero attached hydrogens (tertiary/aromatic N) is 2. The quantitative estimate of drug-likeness (QED) is 0.823. The smallest absolute Gasteiger partial charge is 0.227 e. The van der Waals surface area contributed by atoms with Gasteiger partial charge in [-0.2, -0.15) is 0 Å². The molecule has 2 fully saturated rings. The zero-order valence-electron chi connectivity index (χ0n) is 11.7. The van der Waals surface area contributed by atoms with Crippen LogP contribution in [0.2, 0.25) is 0 Å². The zero-order valence-corrected chi connectivity index (χ0v) is 12.5. The van der Waals surface area contributed by atoms with Gasteiger partial charge in [0.15, 0.2) is 0 Å². The van der Waals surface area contributed by atoms with Crippen molar-refractivity contribution in [2.75, 3.05) is 33.2 Å². The van der Waals surface area contributed by atoms with E-state index in [4.69, 9.17) is 0 Å². The minimum Gasteiger partial charge on any atom is -0.342 e. The summed E-state index contributed by atoms with van der Waals surface area (Å²) in [5.41, 5.74) is 0. The lowest BCUT2D eigenvalue weighted by molar-refractivity contribution is -0.137. The Morgan fingerprint density at radius 3 is 2.58 bits per heavy atom. The molecule has 0 bridgehead atoms. The molecule has 6 heteroatoms. The summed E-state index contributed by atoms with van der Waals surface area (Å²) in [6.07, 6.45) is 2.42. The Balaban J connectivity index is 0.00000180. The van der Waals surface area contributed by atoms with Gasteiger partial charge in [0.1, 0.15) is 0 Å². The summed E-state index contributed by atoms with van der Waals surface area (Å²) in [6, 6.07) is 0.338. The molecular formula is C13H24ClN3O2. The molecule has 19 heavy (non-hydrogen) atoms. The van der Waals surface area contributed by atoms with Gasteiger partial charge in [-0.3, -0.25) is 9.59 Å². The topological polar surface area (TPSA) is 52.7 Å². The van der Waals surface area contributed by atoms with Gasteiger partial charge in [0, 0.05) is 32.6 Å². The molecular weight excluding hydrogens is 266 g/mol. The molecule has 0 radical (unpaired) electrons. The number of carbonyl (C=O) groups excluding carboxylic acids is 2. The van der Waals surface area contributed by atoms with Gasteiger partial charge in [-0.05, 0) is 32.9 Å². The van der Waals surface area contributed by atoms with Crippen molar-refractivity contribution in [1.29, 1.82) is 0 Å². The lowest BCUT2D eigenvalue weighted by Gasteiger charge is -2.33. The molecule has 2 aliphatic rings. The molecule has 110 valence electrons. The van der Waals surface area contributed by atoms with Gasteiger partial charge in [0.2, 0.25) is 11.8 Å².